The van der Waals surface area contributed by atoms with Crippen molar-refractivity contribution in [3.8, 4) is 0 Å². The number of anilines is 1. The maximum Gasteiger partial charge on any atom is 0.411 e. The second kappa shape index (κ2) is 9.16. The summed E-state index contributed by atoms with van der Waals surface area (Å²) in [5, 5.41) is 5.69. The van der Waals surface area contributed by atoms with Crippen molar-refractivity contribution in [3.63, 3.8) is 0 Å². The number of hydrogen-bond donors (Lipinski definition) is 2. The van der Waals surface area contributed by atoms with Crippen LogP contribution in [-0.4, -0.2) is 24.1 Å². The van der Waals surface area contributed by atoms with E-state index in [1.807, 2.05) is 18.2 Å². The molecule has 1 saturated carbocycles. The third-order valence-corrected chi connectivity index (χ3v) is 4.56. The monoisotopic (exact) mass is 370 g/mol. The molecule has 3 rings (SSSR count). The molecule has 0 saturated heterocycles. The van der Waals surface area contributed by atoms with Crippen molar-refractivity contribution in [3.05, 3.63) is 66.0 Å². The lowest BCUT2D eigenvalue weighted by atomic mass is 9.92. The standard InChI is InChI=1S/C21H23FN2O3/c22-16-11-9-15(10-12-16)13-20(25)23-18-7-4-8-19(14-18)27-21(26)24-17-5-2-1-3-6-17/h1-3,5-6,9-12,18-19H,4,7-8,13-14H2,(H,23,25)(H,24,26)/t18-,19+/m1/s1. The minimum Gasteiger partial charge on any atom is -0.446 e. The van der Waals surface area contributed by atoms with E-state index < -0.39 is 6.09 Å². The van der Waals surface area contributed by atoms with Crippen molar-refractivity contribution in [2.24, 2.45) is 0 Å². The van der Waals surface area contributed by atoms with Crippen molar-refractivity contribution < 1.29 is 18.7 Å². The number of nitrogens with one attached hydrogen (secondary N) is 2. The largest absolute Gasteiger partial charge is 0.446 e. The molecule has 1 aliphatic rings. The van der Waals surface area contributed by atoms with Gasteiger partial charge in [0.2, 0.25) is 5.91 Å². The molecule has 2 aromatic carbocycles. The van der Waals surface area contributed by atoms with Crippen molar-refractivity contribution in [1.29, 1.82) is 0 Å². The highest BCUT2D eigenvalue weighted by atomic mass is 19.1. The minimum atomic E-state index is -0.482. The molecule has 6 heteroatoms. The second-order valence-electron chi connectivity index (χ2n) is 6.75. The van der Waals surface area contributed by atoms with Gasteiger partial charge in [0.1, 0.15) is 11.9 Å². The lowest BCUT2D eigenvalue weighted by Crippen LogP contribution is -2.41. The van der Waals surface area contributed by atoms with Gasteiger partial charge in [-0.2, -0.15) is 0 Å². The first-order valence-corrected chi connectivity index (χ1v) is 9.15. The van der Waals surface area contributed by atoms with Gasteiger partial charge in [0.25, 0.3) is 0 Å². The topological polar surface area (TPSA) is 67.4 Å². The van der Waals surface area contributed by atoms with Crippen LogP contribution in [0.5, 0.6) is 0 Å². The van der Waals surface area contributed by atoms with Gasteiger partial charge in [-0.15, -0.1) is 0 Å². The molecule has 2 amide bonds. The highest BCUT2D eigenvalue weighted by molar-refractivity contribution is 5.84. The first-order valence-electron chi connectivity index (χ1n) is 9.15. The Bertz CT molecular complexity index is 765. The van der Waals surface area contributed by atoms with Crippen LogP contribution in [0, 0.1) is 5.82 Å². The van der Waals surface area contributed by atoms with Crippen LogP contribution in [0.4, 0.5) is 14.9 Å². The maximum absolute atomic E-state index is 12.9. The van der Waals surface area contributed by atoms with Crippen molar-refractivity contribution >= 4 is 17.7 Å². The van der Waals surface area contributed by atoms with Crippen LogP contribution in [-0.2, 0) is 16.0 Å². The van der Waals surface area contributed by atoms with E-state index in [4.69, 9.17) is 4.74 Å². The lowest BCUT2D eigenvalue weighted by Gasteiger charge is -2.29. The summed E-state index contributed by atoms with van der Waals surface area (Å²) in [6.45, 7) is 0. The zero-order valence-electron chi connectivity index (χ0n) is 15.0. The summed E-state index contributed by atoms with van der Waals surface area (Å²) in [6, 6.07) is 15.0. The predicted molar refractivity (Wildman–Crippen MR) is 101 cm³/mol. The van der Waals surface area contributed by atoms with Crippen LogP contribution < -0.4 is 10.6 Å². The average molecular weight is 370 g/mol. The Hall–Kier alpha value is -2.89. The summed E-state index contributed by atoms with van der Waals surface area (Å²) < 4.78 is 18.4. The SMILES string of the molecule is O=C(Cc1ccc(F)cc1)N[C@@H]1CCC[C@H](OC(=O)Nc2ccccc2)C1. The molecule has 0 aromatic heterocycles. The molecule has 0 bridgehead atoms. The maximum atomic E-state index is 12.9. The van der Waals surface area contributed by atoms with Crippen LogP contribution in [0.25, 0.3) is 0 Å². The van der Waals surface area contributed by atoms with Gasteiger partial charge in [-0.05, 0) is 49.1 Å². The van der Waals surface area contributed by atoms with Crippen molar-refractivity contribution in [2.45, 2.75) is 44.2 Å². The fraction of sp³-hybridized carbons (Fsp3) is 0.333. The quantitative estimate of drug-likeness (QED) is 0.835. The highest BCUT2D eigenvalue weighted by Crippen LogP contribution is 2.22. The van der Waals surface area contributed by atoms with E-state index in [0.717, 1.165) is 24.8 Å². The number of ether oxygens (including phenoxy) is 1. The van der Waals surface area contributed by atoms with Crippen LogP contribution in [0.15, 0.2) is 54.6 Å². The summed E-state index contributed by atoms with van der Waals surface area (Å²) in [7, 11) is 0. The number of rotatable bonds is 5. The first-order chi connectivity index (χ1) is 13.1. The fourth-order valence-corrected chi connectivity index (χ4v) is 3.27. The van der Waals surface area contributed by atoms with Gasteiger partial charge in [0, 0.05) is 18.2 Å². The minimum absolute atomic E-state index is 0.0266. The Morgan fingerprint density at radius 2 is 1.78 bits per heavy atom. The van der Waals surface area contributed by atoms with E-state index in [1.165, 1.54) is 12.1 Å². The molecule has 1 aliphatic carbocycles. The molecule has 0 aliphatic heterocycles. The summed E-state index contributed by atoms with van der Waals surface area (Å²) in [6.07, 6.45) is 2.61. The second-order valence-corrected chi connectivity index (χ2v) is 6.75. The zero-order valence-corrected chi connectivity index (χ0v) is 15.0. The van der Waals surface area contributed by atoms with Gasteiger partial charge in [-0.1, -0.05) is 30.3 Å². The molecule has 0 unspecified atom stereocenters. The number of carbonyl (C=O) groups excluding carboxylic acids is 2. The normalized spacial score (nSPS) is 19.1. The Balaban J connectivity index is 1.45. The molecule has 0 heterocycles. The predicted octanol–water partition coefficient (Wildman–Crippen LogP) is 4.04. The fourth-order valence-electron chi connectivity index (χ4n) is 3.27. The Labute approximate surface area is 157 Å². The number of hydrogen-bond acceptors (Lipinski definition) is 3. The van der Waals surface area contributed by atoms with E-state index in [1.54, 1.807) is 24.3 Å². The molecule has 0 spiro atoms. The number of benzene rings is 2. The summed E-state index contributed by atoms with van der Waals surface area (Å²) in [4.78, 5) is 24.2. The molecule has 0 radical (unpaired) electrons. The molecule has 2 N–H and O–H groups in total. The Morgan fingerprint density at radius 3 is 2.52 bits per heavy atom. The van der Waals surface area contributed by atoms with Crippen LogP contribution in [0.1, 0.15) is 31.2 Å². The van der Waals surface area contributed by atoms with Gasteiger partial charge in [0.15, 0.2) is 0 Å². The molecule has 1 fully saturated rings. The summed E-state index contributed by atoms with van der Waals surface area (Å²) >= 11 is 0. The van der Waals surface area contributed by atoms with Gasteiger partial charge < -0.3 is 10.1 Å². The van der Waals surface area contributed by atoms with Crippen LogP contribution >= 0.6 is 0 Å². The van der Waals surface area contributed by atoms with E-state index in [2.05, 4.69) is 10.6 Å². The van der Waals surface area contributed by atoms with Gasteiger partial charge >= 0.3 is 6.09 Å². The average Bonchev–Trinajstić information content (AvgIpc) is 2.64. The molecular formula is C21H23FN2O3. The first kappa shape index (κ1) is 18.9. The molecular weight excluding hydrogens is 347 g/mol. The van der Waals surface area contributed by atoms with E-state index in [0.29, 0.717) is 12.1 Å². The van der Waals surface area contributed by atoms with Crippen molar-refractivity contribution in [2.75, 3.05) is 5.32 Å². The van der Waals surface area contributed by atoms with Crippen LogP contribution in [0.2, 0.25) is 0 Å². The molecule has 142 valence electrons. The Kier molecular flexibility index (Phi) is 6.41. The summed E-state index contributed by atoms with van der Waals surface area (Å²) in [5.74, 6) is -0.429. The van der Waals surface area contributed by atoms with E-state index in [9.17, 15) is 14.0 Å². The molecule has 2 atom stereocenters. The van der Waals surface area contributed by atoms with Crippen LogP contribution in [0.3, 0.4) is 0 Å². The van der Waals surface area contributed by atoms with E-state index in [-0.39, 0.29) is 30.3 Å². The number of amides is 2. The third kappa shape index (κ3) is 6.09. The molecule has 2 aromatic rings. The molecule has 27 heavy (non-hydrogen) atoms. The van der Waals surface area contributed by atoms with Gasteiger partial charge in [-0.25, -0.2) is 9.18 Å². The highest BCUT2D eigenvalue weighted by Gasteiger charge is 2.26. The Morgan fingerprint density at radius 1 is 1.04 bits per heavy atom. The lowest BCUT2D eigenvalue weighted by molar-refractivity contribution is -0.121. The number of carbonyl (C=O) groups is 2. The van der Waals surface area contributed by atoms with Crippen molar-refractivity contribution in [1.82, 2.24) is 5.32 Å². The number of para-hydroxylation sites is 1. The third-order valence-electron chi connectivity index (χ3n) is 4.56. The summed E-state index contributed by atoms with van der Waals surface area (Å²) in [5.41, 5.74) is 1.45. The number of halogens is 1. The molecule has 5 nitrogen and oxygen atoms in total. The zero-order chi connectivity index (χ0) is 19.1. The van der Waals surface area contributed by atoms with E-state index >= 15 is 0 Å². The van der Waals surface area contributed by atoms with Gasteiger partial charge in [0.05, 0.1) is 6.42 Å². The smallest absolute Gasteiger partial charge is 0.411 e. The van der Waals surface area contributed by atoms with Gasteiger partial charge in [-0.3, -0.25) is 10.1 Å².